The first-order valence-corrected chi connectivity index (χ1v) is 10.7. The van der Waals surface area contributed by atoms with Crippen LogP contribution in [0.25, 0.3) is 22.4 Å². The van der Waals surface area contributed by atoms with Crippen LogP contribution in [0.15, 0.2) is 71.9 Å². The van der Waals surface area contributed by atoms with E-state index >= 15 is 0 Å². The number of hydrogen-bond donors (Lipinski definition) is 3. The van der Waals surface area contributed by atoms with Crippen LogP contribution in [0.4, 0.5) is 0 Å². The molecule has 9 heteroatoms. The van der Waals surface area contributed by atoms with Crippen LogP contribution in [0.2, 0.25) is 0 Å². The molecule has 0 saturated carbocycles. The molecule has 2 aromatic carbocycles. The summed E-state index contributed by atoms with van der Waals surface area (Å²) in [6, 6.07) is 14.9. The van der Waals surface area contributed by atoms with E-state index in [2.05, 4.69) is 20.3 Å². The van der Waals surface area contributed by atoms with Crippen molar-refractivity contribution in [3.8, 4) is 17.1 Å². The van der Waals surface area contributed by atoms with Crippen LogP contribution in [0.3, 0.4) is 0 Å². The smallest absolute Gasteiger partial charge is 0.327 e. The van der Waals surface area contributed by atoms with Crippen LogP contribution in [0.1, 0.15) is 10.4 Å². The molecule has 0 bridgehead atoms. The highest BCUT2D eigenvalue weighted by Crippen LogP contribution is 2.29. The largest absolute Gasteiger partial charge is 0.496 e. The van der Waals surface area contributed by atoms with E-state index in [1.165, 1.54) is 11.8 Å². The Morgan fingerprint density at radius 3 is 2.69 bits per heavy atom. The van der Waals surface area contributed by atoms with Crippen molar-refractivity contribution in [2.24, 2.45) is 0 Å². The standard InChI is InChI=1S/C23H20N4O4S/c1-31-19-4-2-3-5-20(19)32-13-18(23(29)30)27-22(28)15-6-7-16-17(12-15)26-21(25-16)14-8-10-24-11-9-14/h2-12,18H,13H2,1H3,(H,25,26)(H,27,28)(H,29,30). The average Bonchev–Trinajstić information content (AvgIpc) is 3.25. The normalized spacial score (nSPS) is 11.8. The number of carbonyl (C=O) groups is 2. The van der Waals surface area contributed by atoms with Crippen LogP contribution < -0.4 is 10.1 Å². The molecule has 4 aromatic rings. The molecule has 1 atom stereocenters. The Labute approximate surface area is 188 Å². The molecule has 3 N–H and O–H groups in total. The lowest BCUT2D eigenvalue weighted by molar-refractivity contribution is -0.138. The van der Waals surface area contributed by atoms with E-state index in [9.17, 15) is 14.7 Å². The predicted molar refractivity (Wildman–Crippen MR) is 122 cm³/mol. The molecule has 4 rings (SSSR count). The number of carboxylic acids is 1. The summed E-state index contributed by atoms with van der Waals surface area (Å²) in [6.45, 7) is 0. The number of benzene rings is 2. The number of ether oxygens (including phenoxy) is 1. The van der Waals surface area contributed by atoms with Crippen molar-refractivity contribution in [3.63, 3.8) is 0 Å². The number of carboxylic acid groups (broad SMARTS) is 1. The number of pyridine rings is 1. The Hall–Kier alpha value is -3.85. The van der Waals surface area contributed by atoms with Crippen LogP contribution in [-0.2, 0) is 4.79 Å². The number of methoxy groups -OCH3 is 1. The first-order chi connectivity index (χ1) is 15.5. The average molecular weight is 449 g/mol. The fourth-order valence-corrected chi connectivity index (χ4v) is 4.17. The number of thioether (sulfide) groups is 1. The van der Waals surface area contributed by atoms with Gasteiger partial charge in [-0.25, -0.2) is 9.78 Å². The van der Waals surface area contributed by atoms with Crippen molar-refractivity contribution < 1.29 is 19.4 Å². The van der Waals surface area contributed by atoms with Gasteiger partial charge in [-0.2, -0.15) is 0 Å². The zero-order valence-corrected chi connectivity index (χ0v) is 17.9. The van der Waals surface area contributed by atoms with Gasteiger partial charge in [0.2, 0.25) is 0 Å². The van der Waals surface area contributed by atoms with Gasteiger partial charge in [-0.15, -0.1) is 11.8 Å². The van der Waals surface area contributed by atoms with Crippen LogP contribution >= 0.6 is 11.8 Å². The molecule has 0 radical (unpaired) electrons. The summed E-state index contributed by atoms with van der Waals surface area (Å²) >= 11 is 1.31. The maximum Gasteiger partial charge on any atom is 0.327 e. The highest BCUT2D eigenvalue weighted by molar-refractivity contribution is 7.99. The minimum Gasteiger partial charge on any atom is -0.496 e. The molecule has 2 heterocycles. The summed E-state index contributed by atoms with van der Waals surface area (Å²) < 4.78 is 5.29. The second-order valence-electron chi connectivity index (χ2n) is 6.88. The molecule has 0 aliphatic carbocycles. The van der Waals surface area contributed by atoms with Gasteiger partial charge in [0.15, 0.2) is 0 Å². The first-order valence-electron chi connectivity index (χ1n) is 9.75. The number of aromatic nitrogens is 3. The fourth-order valence-electron chi connectivity index (χ4n) is 3.12. The Balaban J connectivity index is 1.49. The lowest BCUT2D eigenvalue weighted by Gasteiger charge is -2.15. The minimum atomic E-state index is -1.11. The first kappa shape index (κ1) is 21.4. The summed E-state index contributed by atoms with van der Waals surface area (Å²) in [6.07, 6.45) is 3.35. The van der Waals surface area contributed by atoms with Crippen molar-refractivity contribution in [2.45, 2.75) is 10.9 Å². The maximum absolute atomic E-state index is 12.8. The summed E-state index contributed by atoms with van der Waals surface area (Å²) in [5, 5.41) is 12.2. The Morgan fingerprint density at radius 2 is 1.94 bits per heavy atom. The van der Waals surface area contributed by atoms with Crippen LogP contribution in [0.5, 0.6) is 5.75 Å². The quantitative estimate of drug-likeness (QED) is 0.353. The van der Waals surface area contributed by atoms with Gasteiger partial charge >= 0.3 is 5.97 Å². The zero-order valence-electron chi connectivity index (χ0n) is 17.1. The van der Waals surface area contributed by atoms with Gasteiger partial charge in [0.1, 0.15) is 17.6 Å². The number of amides is 1. The van der Waals surface area contributed by atoms with E-state index in [4.69, 9.17) is 4.74 Å². The molecule has 0 aliphatic rings. The molecule has 1 amide bonds. The Morgan fingerprint density at radius 1 is 1.16 bits per heavy atom. The number of rotatable bonds is 8. The molecular weight excluding hydrogens is 428 g/mol. The number of nitrogens with zero attached hydrogens (tertiary/aromatic N) is 2. The second-order valence-corrected chi connectivity index (χ2v) is 7.94. The van der Waals surface area contributed by atoms with Crippen molar-refractivity contribution in [2.75, 3.05) is 12.9 Å². The molecule has 2 aromatic heterocycles. The third-order valence-electron chi connectivity index (χ3n) is 4.78. The molecule has 0 spiro atoms. The number of aromatic amines is 1. The number of H-pyrrole nitrogens is 1. The number of hydrogen-bond acceptors (Lipinski definition) is 6. The lowest BCUT2D eigenvalue weighted by atomic mass is 10.2. The van der Waals surface area contributed by atoms with Crippen LogP contribution in [-0.4, -0.2) is 50.8 Å². The molecule has 0 saturated heterocycles. The number of para-hydroxylation sites is 1. The van der Waals surface area contributed by atoms with E-state index in [0.717, 1.165) is 10.5 Å². The maximum atomic E-state index is 12.8. The van der Waals surface area contributed by atoms with Gasteiger partial charge in [0.05, 0.1) is 18.1 Å². The van der Waals surface area contributed by atoms with Gasteiger partial charge in [-0.05, 0) is 42.5 Å². The van der Waals surface area contributed by atoms with E-state index in [-0.39, 0.29) is 5.75 Å². The van der Waals surface area contributed by atoms with E-state index < -0.39 is 17.9 Å². The third kappa shape index (κ3) is 4.73. The topological polar surface area (TPSA) is 117 Å². The molecule has 0 aliphatic heterocycles. The van der Waals surface area contributed by atoms with Gasteiger partial charge in [-0.3, -0.25) is 9.78 Å². The molecule has 32 heavy (non-hydrogen) atoms. The fraction of sp³-hybridized carbons (Fsp3) is 0.130. The Kier molecular flexibility index (Phi) is 6.37. The zero-order chi connectivity index (χ0) is 22.5. The van der Waals surface area contributed by atoms with E-state index in [1.54, 1.807) is 43.8 Å². The SMILES string of the molecule is COc1ccccc1SCC(NC(=O)c1ccc2nc(-c3ccncc3)[nH]c2c1)C(=O)O. The van der Waals surface area contributed by atoms with Gasteiger partial charge in [0.25, 0.3) is 5.91 Å². The summed E-state index contributed by atoms with van der Waals surface area (Å²) in [4.78, 5) is 37.0. The van der Waals surface area contributed by atoms with E-state index in [0.29, 0.717) is 28.2 Å². The number of aliphatic carboxylic acids is 1. The van der Waals surface area contributed by atoms with Gasteiger partial charge in [0, 0.05) is 34.2 Å². The van der Waals surface area contributed by atoms with Gasteiger partial charge < -0.3 is 20.1 Å². The summed E-state index contributed by atoms with van der Waals surface area (Å²) in [7, 11) is 1.56. The number of nitrogens with one attached hydrogen (secondary N) is 2. The number of fused-ring (bicyclic) bond motifs is 1. The summed E-state index contributed by atoms with van der Waals surface area (Å²) in [5.74, 6) is -0.109. The van der Waals surface area contributed by atoms with Crippen molar-refractivity contribution in [1.82, 2.24) is 20.3 Å². The van der Waals surface area contributed by atoms with Crippen molar-refractivity contribution >= 4 is 34.7 Å². The Bertz CT molecular complexity index is 1260. The van der Waals surface area contributed by atoms with Crippen molar-refractivity contribution in [3.05, 3.63) is 72.6 Å². The summed E-state index contributed by atoms with van der Waals surface area (Å²) in [5.41, 5.74) is 2.60. The second kappa shape index (κ2) is 9.52. The lowest BCUT2D eigenvalue weighted by Crippen LogP contribution is -2.42. The predicted octanol–water partition coefficient (Wildman–Crippen LogP) is 3.61. The number of carbonyl (C=O) groups excluding carboxylic acids is 1. The van der Waals surface area contributed by atoms with E-state index in [1.807, 2.05) is 30.3 Å². The monoisotopic (exact) mass is 448 g/mol. The highest BCUT2D eigenvalue weighted by Gasteiger charge is 2.22. The molecule has 162 valence electrons. The van der Waals surface area contributed by atoms with Gasteiger partial charge in [-0.1, -0.05) is 12.1 Å². The van der Waals surface area contributed by atoms with Crippen molar-refractivity contribution in [1.29, 1.82) is 0 Å². The molecule has 1 unspecified atom stereocenters. The van der Waals surface area contributed by atoms with Crippen LogP contribution in [0, 0.1) is 0 Å². The number of imidazole rings is 1. The molecular formula is C23H20N4O4S. The minimum absolute atomic E-state index is 0.153. The molecule has 0 fully saturated rings. The highest BCUT2D eigenvalue weighted by atomic mass is 32.2. The third-order valence-corrected chi connectivity index (χ3v) is 5.92. The molecule has 8 nitrogen and oxygen atoms in total.